The number of hydrogen-bond donors (Lipinski definition) is 1. The standard InChI is InChI=1S/C15H19N3O3S/c1-9-14(10(2)17-16-9)11-8-20-7-6-18(11)15(19)12-4-5-13(21-12)22-3/h4-5,11H,6-8H2,1-3H3,(H,16,17)/t11-/m1/s1. The number of thioether (sulfide) groups is 1. The molecule has 1 amide bonds. The second-order valence-electron chi connectivity index (χ2n) is 5.26. The third-order valence-corrected chi connectivity index (χ3v) is 4.52. The van der Waals surface area contributed by atoms with Crippen LogP contribution in [-0.2, 0) is 4.74 Å². The average Bonchev–Trinajstić information content (AvgIpc) is 3.14. The zero-order valence-electron chi connectivity index (χ0n) is 12.9. The van der Waals surface area contributed by atoms with Gasteiger partial charge in [-0.1, -0.05) is 11.8 Å². The van der Waals surface area contributed by atoms with Crippen molar-refractivity contribution in [3.63, 3.8) is 0 Å². The van der Waals surface area contributed by atoms with Crippen molar-refractivity contribution in [2.24, 2.45) is 0 Å². The molecule has 1 aliphatic heterocycles. The fraction of sp³-hybridized carbons (Fsp3) is 0.467. The summed E-state index contributed by atoms with van der Waals surface area (Å²) < 4.78 is 11.2. The highest BCUT2D eigenvalue weighted by Gasteiger charge is 2.33. The molecule has 0 bridgehead atoms. The third-order valence-electron chi connectivity index (χ3n) is 3.90. The number of nitrogens with one attached hydrogen (secondary N) is 1. The molecule has 0 saturated carbocycles. The molecule has 1 saturated heterocycles. The Morgan fingerprint density at radius 3 is 2.91 bits per heavy atom. The highest BCUT2D eigenvalue weighted by molar-refractivity contribution is 7.98. The van der Waals surface area contributed by atoms with Crippen LogP contribution in [0.3, 0.4) is 0 Å². The van der Waals surface area contributed by atoms with Gasteiger partial charge in [0.05, 0.1) is 24.9 Å². The van der Waals surface area contributed by atoms with Gasteiger partial charge in [-0.2, -0.15) is 5.10 Å². The highest BCUT2D eigenvalue weighted by atomic mass is 32.2. The van der Waals surface area contributed by atoms with Crippen molar-refractivity contribution < 1.29 is 13.9 Å². The van der Waals surface area contributed by atoms with E-state index in [2.05, 4.69) is 10.2 Å². The number of furan rings is 1. The largest absolute Gasteiger partial charge is 0.445 e. The minimum atomic E-state index is -0.136. The Hall–Kier alpha value is -1.73. The summed E-state index contributed by atoms with van der Waals surface area (Å²) in [6, 6.07) is 3.42. The van der Waals surface area contributed by atoms with Gasteiger partial charge in [0.25, 0.3) is 5.91 Å². The molecule has 22 heavy (non-hydrogen) atoms. The van der Waals surface area contributed by atoms with Crippen LogP contribution >= 0.6 is 11.8 Å². The summed E-state index contributed by atoms with van der Waals surface area (Å²) in [6.45, 7) is 5.46. The third kappa shape index (κ3) is 2.66. The molecule has 0 unspecified atom stereocenters. The molecule has 118 valence electrons. The molecule has 2 aromatic rings. The molecule has 0 spiro atoms. The number of carbonyl (C=O) groups is 1. The summed E-state index contributed by atoms with van der Waals surface area (Å²) >= 11 is 1.48. The minimum absolute atomic E-state index is 0.103. The van der Waals surface area contributed by atoms with E-state index < -0.39 is 0 Å². The Morgan fingerprint density at radius 2 is 2.27 bits per heavy atom. The minimum Gasteiger partial charge on any atom is -0.445 e. The van der Waals surface area contributed by atoms with Crippen molar-refractivity contribution in [3.8, 4) is 0 Å². The molecule has 2 aromatic heterocycles. The number of ether oxygens (including phenoxy) is 1. The maximum Gasteiger partial charge on any atom is 0.290 e. The summed E-state index contributed by atoms with van der Waals surface area (Å²) in [5.41, 5.74) is 2.90. The summed E-state index contributed by atoms with van der Waals surface area (Å²) in [6.07, 6.45) is 1.92. The molecule has 6 nitrogen and oxygen atoms in total. The van der Waals surface area contributed by atoms with E-state index in [0.29, 0.717) is 25.5 Å². The lowest BCUT2D eigenvalue weighted by molar-refractivity contribution is -0.00479. The quantitative estimate of drug-likeness (QED) is 0.880. The molecular formula is C15H19N3O3S. The van der Waals surface area contributed by atoms with E-state index in [1.165, 1.54) is 11.8 Å². The first-order chi connectivity index (χ1) is 10.6. The lowest BCUT2D eigenvalue weighted by atomic mass is 10.0. The van der Waals surface area contributed by atoms with Crippen molar-refractivity contribution in [1.29, 1.82) is 0 Å². The zero-order chi connectivity index (χ0) is 15.7. The van der Waals surface area contributed by atoms with Gasteiger partial charge in [0.2, 0.25) is 0 Å². The summed E-state index contributed by atoms with van der Waals surface area (Å²) in [7, 11) is 0. The molecule has 1 fully saturated rings. The van der Waals surface area contributed by atoms with E-state index in [-0.39, 0.29) is 11.9 Å². The summed E-state index contributed by atoms with van der Waals surface area (Å²) in [5, 5.41) is 7.95. The van der Waals surface area contributed by atoms with Crippen LogP contribution in [0.25, 0.3) is 0 Å². The topological polar surface area (TPSA) is 71.4 Å². The predicted octanol–water partition coefficient (Wildman–Crippen LogP) is 2.56. The predicted molar refractivity (Wildman–Crippen MR) is 83.1 cm³/mol. The van der Waals surface area contributed by atoms with Gasteiger partial charge in [0, 0.05) is 17.8 Å². The van der Waals surface area contributed by atoms with Gasteiger partial charge >= 0.3 is 0 Å². The van der Waals surface area contributed by atoms with Crippen LogP contribution in [0.1, 0.15) is 33.5 Å². The fourth-order valence-electron chi connectivity index (χ4n) is 2.82. The smallest absolute Gasteiger partial charge is 0.290 e. The van der Waals surface area contributed by atoms with Crippen molar-refractivity contribution >= 4 is 17.7 Å². The molecule has 3 heterocycles. The molecule has 7 heteroatoms. The average molecular weight is 321 g/mol. The molecule has 0 radical (unpaired) electrons. The number of amides is 1. The Bertz CT molecular complexity index is 660. The van der Waals surface area contributed by atoms with Gasteiger partial charge in [-0.25, -0.2) is 0 Å². The number of nitrogens with zero attached hydrogens (tertiary/aromatic N) is 2. The normalized spacial score (nSPS) is 18.7. The molecule has 0 aliphatic carbocycles. The van der Waals surface area contributed by atoms with Gasteiger partial charge in [-0.3, -0.25) is 9.89 Å². The first-order valence-electron chi connectivity index (χ1n) is 7.15. The molecule has 1 N–H and O–H groups in total. The van der Waals surface area contributed by atoms with Crippen LogP contribution in [0.5, 0.6) is 0 Å². The highest BCUT2D eigenvalue weighted by Crippen LogP contribution is 2.30. The van der Waals surface area contributed by atoms with Crippen LogP contribution in [0.2, 0.25) is 0 Å². The number of aromatic amines is 1. The maximum atomic E-state index is 12.8. The Kier molecular flexibility index (Phi) is 4.26. The van der Waals surface area contributed by atoms with E-state index in [9.17, 15) is 4.79 Å². The van der Waals surface area contributed by atoms with Crippen LogP contribution in [-0.4, -0.2) is 47.0 Å². The van der Waals surface area contributed by atoms with E-state index in [1.807, 2.05) is 31.1 Å². The van der Waals surface area contributed by atoms with E-state index >= 15 is 0 Å². The first-order valence-corrected chi connectivity index (χ1v) is 8.38. The number of morpholine rings is 1. The Labute approximate surface area is 133 Å². The molecule has 1 aliphatic rings. The van der Waals surface area contributed by atoms with E-state index in [0.717, 1.165) is 22.0 Å². The van der Waals surface area contributed by atoms with Gasteiger partial charge in [0.1, 0.15) is 0 Å². The van der Waals surface area contributed by atoms with Gasteiger partial charge < -0.3 is 14.1 Å². The lowest BCUT2D eigenvalue weighted by Gasteiger charge is -2.35. The first kappa shape index (κ1) is 15.2. The van der Waals surface area contributed by atoms with Crippen molar-refractivity contribution in [3.05, 3.63) is 34.8 Å². The summed E-state index contributed by atoms with van der Waals surface area (Å²) in [5.74, 6) is 0.267. The van der Waals surface area contributed by atoms with Crippen LogP contribution < -0.4 is 0 Å². The van der Waals surface area contributed by atoms with Crippen LogP contribution in [0.15, 0.2) is 21.6 Å². The molecule has 1 atom stereocenters. The number of aryl methyl sites for hydroxylation is 2. The van der Waals surface area contributed by atoms with Crippen molar-refractivity contribution in [2.45, 2.75) is 25.0 Å². The van der Waals surface area contributed by atoms with E-state index in [4.69, 9.17) is 9.15 Å². The van der Waals surface area contributed by atoms with Crippen molar-refractivity contribution in [1.82, 2.24) is 15.1 Å². The number of carbonyl (C=O) groups excluding carboxylic acids is 1. The van der Waals surface area contributed by atoms with E-state index in [1.54, 1.807) is 6.07 Å². The Balaban J connectivity index is 1.91. The van der Waals surface area contributed by atoms with Crippen molar-refractivity contribution in [2.75, 3.05) is 26.0 Å². The second-order valence-corrected chi connectivity index (χ2v) is 6.07. The van der Waals surface area contributed by atoms with Gasteiger partial charge in [-0.05, 0) is 32.2 Å². The fourth-order valence-corrected chi connectivity index (χ4v) is 3.20. The SMILES string of the molecule is CSc1ccc(C(=O)N2CCOC[C@@H]2c2c(C)n[nH]c2C)o1. The molecule has 0 aromatic carbocycles. The van der Waals surface area contributed by atoms with Gasteiger partial charge in [0.15, 0.2) is 10.9 Å². The van der Waals surface area contributed by atoms with Gasteiger partial charge in [-0.15, -0.1) is 0 Å². The maximum absolute atomic E-state index is 12.8. The van der Waals surface area contributed by atoms with Crippen LogP contribution in [0, 0.1) is 13.8 Å². The number of rotatable bonds is 3. The molecule has 3 rings (SSSR count). The second kappa shape index (κ2) is 6.18. The Morgan fingerprint density at radius 1 is 1.45 bits per heavy atom. The van der Waals surface area contributed by atoms with Crippen LogP contribution in [0.4, 0.5) is 0 Å². The number of hydrogen-bond acceptors (Lipinski definition) is 5. The zero-order valence-corrected chi connectivity index (χ0v) is 13.7. The summed E-state index contributed by atoms with van der Waals surface area (Å²) in [4.78, 5) is 14.6. The molecular weight excluding hydrogens is 302 g/mol. The number of H-pyrrole nitrogens is 1. The number of aromatic nitrogens is 2. The monoisotopic (exact) mass is 321 g/mol. The lowest BCUT2D eigenvalue weighted by Crippen LogP contribution is -2.43.